The number of hydrogen-bond donors (Lipinski definition) is 2. The van der Waals surface area contributed by atoms with Gasteiger partial charge < -0.3 is 10.2 Å². The highest BCUT2D eigenvalue weighted by atomic mass is 16.1. The van der Waals surface area contributed by atoms with Gasteiger partial charge in [0.25, 0.3) is 5.91 Å². The van der Waals surface area contributed by atoms with Gasteiger partial charge in [0, 0.05) is 18.5 Å². The lowest BCUT2D eigenvalue weighted by molar-refractivity contribution is 0.0940. The first-order valence-corrected chi connectivity index (χ1v) is 10.3. The van der Waals surface area contributed by atoms with Gasteiger partial charge in [-0.3, -0.25) is 9.89 Å². The van der Waals surface area contributed by atoms with E-state index in [4.69, 9.17) is 0 Å². The molecule has 0 bridgehead atoms. The Balaban J connectivity index is 1.17. The van der Waals surface area contributed by atoms with Crippen LogP contribution in [-0.4, -0.2) is 47.2 Å². The summed E-state index contributed by atoms with van der Waals surface area (Å²) in [6, 6.07) is 18.5. The lowest BCUT2D eigenvalue weighted by atomic mass is 9.90. The fourth-order valence-electron chi connectivity index (χ4n) is 4.06. The predicted octanol–water partition coefficient (Wildman–Crippen LogP) is 3.64. The van der Waals surface area contributed by atoms with Crippen LogP contribution in [0.15, 0.2) is 54.6 Å². The lowest BCUT2D eigenvalue weighted by Crippen LogP contribution is -2.39. The highest BCUT2D eigenvalue weighted by Gasteiger charge is 2.19. The summed E-state index contributed by atoms with van der Waals surface area (Å²) in [4.78, 5) is 14.9. The number of likely N-dealkylation sites (tertiary alicyclic amines) is 1. The Morgan fingerprint density at radius 2 is 1.82 bits per heavy atom. The van der Waals surface area contributed by atoms with Gasteiger partial charge in [0.1, 0.15) is 0 Å². The van der Waals surface area contributed by atoms with E-state index in [-0.39, 0.29) is 5.91 Å². The summed E-state index contributed by atoms with van der Waals surface area (Å²) in [5, 5.41) is 11.0. The highest BCUT2D eigenvalue weighted by molar-refractivity contribution is 6.04. The minimum atomic E-state index is -0.102. The number of amides is 1. The number of rotatable bonds is 7. The number of piperidine rings is 1. The van der Waals surface area contributed by atoms with Crippen LogP contribution in [0.3, 0.4) is 0 Å². The molecule has 146 valence electrons. The van der Waals surface area contributed by atoms with Crippen molar-refractivity contribution in [1.29, 1.82) is 0 Å². The third kappa shape index (κ3) is 4.60. The van der Waals surface area contributed by atoms with Crippen molar-refractivity contribution < 1.29 is 4.79 Å². The first kappa shape index (κ1) is 18.7. The molecule has 0 atom stereocenters. The molecule has 2 heterocycles. The van der Waals surface area contributed by atoms with E-state index in [0.717, 1.165) is 36.5 Å². The van der Waals surface area contributed by atoms with E-state index < -0.39 is 0 Å². The number of aryl methyl sites for hydroxylation is 1. The first-order valence-electron chi connectivity index (χ1n) is 10.3. The Kier molecular flexibility index (Phi) is 6.02. The van der Waals surface area contributed by atoms with Crippen molar-refractivity contribution >= 4 is 16.8 Å². The average Bonchev–Trinajstić information content (AvgIpc) is 3.18. The summed E-state index contributed by atoms with van der Waals surface area (Å²) in [7, 11) is 0. The number of aromatic amines is 1. The standard InChI is InChI=1S/C23H28N4O/c28-23(22-20-8-4-5-9-21(20)25-26-22)24-14-17-27-15-12-19(13-16-27)11-10-18-6-2-1-3-7-18/h1-9,19H,10-17H2,(H,24,28)(H,25,26). The molecular weight excluding hydrogens is 348 g/mol. The molecule has 3 aromatic rings. The average molecular weight is 377 g/mol. The summed E-state index contributed by atoms with van der Waals surface area (Å²) < 4.78 is 0. The number of carbonyl (C=O) groups is 1. The Bertz CT molecular complexity index is 897. The van der Waals surface area contributed by atoms with Crippen molar-refractivity contribution in [3.8, 4) is 0 Å². The van der Waals surface area contributed by atoms with Gasteiger partial charge in [-0.05, 0) is 56.3 Å². The summed E-state index contributed by atoms with van der Waals surface area (Å²) in [6.45, 7) is 3.82. The molecule has 5 heteroatoms. The van der Waals surface area contributed by atoms with Gasteiger partial charge in [0.2, 0.25) is 0 Å². The number of aromatic nitrogens is 2. The molecular formula is C23H28N4O. The fraction of sp³-hybridized carbons (Fsp3) is 0.391. The van der Waals surface area contributed by atoms with E-state index in [2.05, 4.69) is 50.7 Å². The quantitative estimate of drug-likeness (QED) is 0.662. The molecule has 0 radical (unpaired) electrons. The summed E-state index contributed by atoms with van der Waals surface area (Å²) in [6.07, 6.45) is 4.97. The summed E-state index contributed by atoms with van der Waals surface area (Å²) >= 11 is 0. The molecule has 0 spiro atoms. The van der Waals surface area contributed by atoms with Gasteiger partial charge in [0.05, 0.1) is 5.52 Å². The van der Waals surface area contributed by atoms with Gasteiger partial charge >= 0.3 is 0 Å². The van der Waals surface area contributed by atoms with Crippen LogP contribution in [0.2, 0.25) is 0 Å². The Morgan fingerprint density at radius 1 is 1.07 bits per heavy atom. The van der Waals surface area contributed by atoms with Crippen molar-refractivity contribution in [2.45, 2.75) is 25.7 Å². The number of hydrogen-bond acceptors (Lipinski definition) is 3. The molecule has 1 aromatic heterocycles. The molecule has 4 rings (SSSR count). The monoisotopic (exact) mass is 376 g/mol. The normalized spacial score (nSPS) is 15.7. The van der Waals surface area contributed by atoms with Crippen LogP contribution in [0, 0.1) is 5.92 Å². The fourth-order valence-corrected chi connectivity index (χ4v) is 4.06. The van der Waals surface area contributed by atoms with Crippen molar-refractivity contribution in [2.75, 3.05) is 26.2 Å². The van der Waals surface area contributed by atoms with Crippen LogP contribution in [0.4, 0.5) is 0 Å². The van der Waals surface area contributed by atoms with Gasteiger partial charge in [-0.2, -0.15) is 5.10 Å². The van der Waals surface area contributed by atoms with Crippen molar-refractivity contribution in [3.63, 3.8) is 0 Å². The summed E-state index contributed by atoms with van der Waals surface area (Å²) in [5.74, 6) is 0.719. The number of H-pyrrole nitrogens is 1. The highest BCUT2D eigenvalue weighted by Crippen LogP contribution is 2.22. The molecule has 1 aliphatic rings. The van der Waals surface area contributed by atoms with Crippen LogP contribution in [0.25, 0.3) is 10.9 Å². The first-order chi connectivity index (χ1) is 13.8. The maximum absolute atomic E-state index is 12.4. The SMILES string of the molecule is O=C(NCCN1CCC(CCc2ccccc2)CC1)c1n[nH]c2ccccc12. The Morgan fingerprint density at radius 3 is 2.64 bits per heavy atom. The van der Waals surface area contributed by atoms with Crippen molar-refractivity contribution in [1.82, 2.24) is 20.4 Å². The minimum absolute atomic E-state index is 0.102. The minimum Gasteiger partial charge on any atom is -0.349 e. The van der Waals surface area contributed by atoms with E-state index in [9.17, 15) is 4.79 Å². The molecule has 1 fully saturated rings. The van der Waals surface area contributed by atoms with Crippen LogP contribution in [-0.2, 0) is 6.42 Å². The van der Waals surface area contributed by atoms with Gasteiger partial charge in [0.15, 0.2) is 5.69 Å². The maximum Gasteiger partial charge on any atom is 0.272 e. The van der Waals surface area contributed by atoms with Gasteiger partial charge in [-0.1, -0.05) is 48.5 Å². The van der Waals surface area contributed by atoms with E-state index in [1.165, 1.54) is 31.2 Å². The van der Waals surface area contributed by atoms with Crippen LogP contribution in [0.5, 0.6) is 0 Å². The smallest absolute Gasteiger partial charge is 0.272 e. The van der Waals surface area contributed by atoms with Crippen LogP contribution in [0.1, 0.15) is 35.3 Å². The molecule has 0 aliphatic carbocycles. The number of benzene rings is 2. The maximum atomic E-state index is 12.4. The zero-order valence-electron chi connectivity index (χ0n) is 16.2. The third-order valence-electron chi connectivity index (χ3n) is 5.79. The van der Waals surface area contributed by atoms with E-state index in [0.29, 0.717) is 12.2 Å². The van der Waals surface area contributed by atoms with Gasteiger partial charge in [-0.25, -0.2) is 0 Å². The number of carbonyl (C=O) groups excluding carboxylic acids is 1. The zero-order valence-corrected chi connectivity index (χ0v) is 16.2. The molecule has 2 N–H and O–H groups in total. The second-order valence-electron chi connectivity index (χ2n) is 7.68. The molecule has 1 amide bonds. The second-order valence-corrected chi connectivity index (χ2v) is 7.68. The van der Waals surface area contributed by atoms with E-state index in [1.54, 1.807) is 0 Å². The van der Waals surface area contributed by atoms with Gasteiger partial charge in [-0.15, -0.1) is 0 Å². The van der Waals surface area contributed by atoms with E-state index >= 15 is 0 Å². The molecule has 0 unspecified atom stereocenters. The molecule has 5 nitrogen and oxygen atoms in total. The van der Waals surface area contributed by atoms with E-state index in [1.807, 2.05) is 24.3 Å². The number of fused-ring (bicyclic) bond motifs is 1. The molecule has 1 saturated heterocycles. The second kappa shape index (κ2) is 9.02. The number of nitrogens with one attached hydrogen (secondary N) is 2. The van der Waals surface area contributed by atoms with Crippen molar-refractivity contribution in [3.05, 3.63) is 65.9 Å². The molecule has 2 aromatic carbocycles. The molecule has 0 saturated carbocycles. The van der Waals surface area contributed by atoms with Crippen LogP contribution < -0.4 is 5.32 Å². The Labute approximate surface area is 166 Å². The largest absolute Gasteiger partial charge is 0.349 e. The predicted molar refractivity (Wildman–Crippen MR) is 112 cm³/mol. The molecule has 28 heavy (non-hydrogen) atoms. The number of nitrogens with zero attached hydrogens (tertiary/aromatic N) is 2. The zero-order chi connectivity index (χ0) is 19.2. The lowest BCUT2D eigenvalue weighted by Gasteiger charge is -2.32. The molecule has 1 aliphatic heterocycles. The topological polar surface area (TPSA) is 61.0 Å². The number of para-hydroxylation sites is 1. The van der Waals surface area contributed by atoms with Crippen LogP contribution >= 0.6 is 0 Å². The summed E-state index contributed by atoms with van der Waals surface area (Å²) in [5.41, 5.74) is 2.82. The van der Waals surface area contributed by atoms with Crippen molar-refractivity contribution in [2.24, 2.45) is 5.92 Å². The Hall–Kier alpha value is -2.66. The third-order valence-corrected chi connectivity index (χ3v) is 5.79.